The Bertz CT molecular complexity index is 1110. The van der Waals surface area contributed by atoms with E-state index < -0.39 is 39.4 Å². The molecule has 0 fully saturated rings. The van der Waals surface area contributed by atoms with E-state index in [0.29, 0.717) is 11.3 Å². The highest BCUT2D eigenvalue weighted by atomic mass is 16.6. The Balaban J connectivity index is 1.70. The molecule has 0 radical (unpaired) electrons. The number of carbonyl (C=O) groups excluding carboxylic acids is 1. The van der Waals surface area contributed by atoms with Crippen molar-refractivity contribution in [3.63, 3.8) is 0 Å². The van der Waals surface area contributed by atoms with Crippen molar-refractivity contribution >= 4 is 17.3 Å². The molecule has 3 aromatic rings. The lowest BCUT2D eigenvalue weighted by molar-refractivity contribution is -0.394. The minimum absolute atomic E-state index is 0.285. The van der Waals surface area contributed by atoms with E-state index in [2.05, 4.69) is 0 Å². The highest BCUT2D eigenvalue weighted by Gasteiger charge is 2.38. The van der Waals surface area contributed by atoms with Crippen molar-refractivity contribution in [1.82, 2.24) is 0 Å². The fraction of sp³-hybridized carbons (Fsp3) is 0.0952. The lowest BCUT2D eigenvalue weighted by atomic mass is 10.0. The van der Waals surface area contributed by atoms with Crippen molar-refractivity contribution < 1.29 is 24.1 Å². The second kappa shape index (κ2) is 7.63. The molecular weight excluding hydrogens is 392 g/mol. The number of nitro benzene ring substituents is 2. The second-order valence-electron chi connectivity index (χ2n) is 6.57. The van der Waals surface area contributed by atoms with Crippen molar-refractivity contribution in [1.29, 1.82) is 0 Å². The summed E-state index contributed by atoms with van der Waals surface area (Å²) in [5.41, 5.74) is -0.0130. The van der Waals surface area contributed by atoms with E-state index in [9.17, 15) is 25.0 Å². The molecule has 3 aromatic carbocycles. The topological polar surface area (TPSA) is 122 Å². The molecule has 1 aliphatic rings. The Kier molecular flexibility index (Phi) is 4.85. The van der Waals surface area contributed by atoms with Crippen LogP contribution in [0.5, 0.6) is 5.75 Å². The van der Waals surface area contributed by atoms with Crippen molar-refractivity contribution in [2.45, 2.75) is 12.2 Å². The van der Waals surface area contributed by atoms with Gasteiger partial charge in [0.1, 0.15) is 5.75 Å². The van der Waals surface area contributed by atoms with Crippen LogP contribution in [0, 0.1) is 20.2 Å². The summed E-state index contributed by atoms with van der Waals surface area (Å²) in [4.78, 5) is 33.4. The van der Waals surface area contributed by atoms with Gasteiger partial charge >= 0.3 is 5.97 Å². The van der Waals surface area contributed by atoms with Gasteiger partial charge in [0.2, 0.25) is 0 Å². The number of carbonyl (C=O) groups is 1. The molecule has 0 aliphatic carbocycles. The van der Waals surface area contributed by atoms with E-state index in [-0.39, 0.29) is 5.56 Å². The highest BCUT2D eigenvalue weighted by molar-refractivity contribution is 5.91. The third kappa shape index (κ3) is 3.55. The monoisotopic (exact) mass is 406 g/mol. The Morgan fingerprint density at radius 3 is 2.10 bits per heavy atom. The fourth-order valence-electron chi connectivity index (χ4n) is 3.30. The molecule has 30 heavy (non-hydrogen) atoms. The van der Waals surface area contributed by atoms with E-state index in [1.54, 1.807) is 24.3 Å². The first-order valence-electron chi connectivity index (χ1n) is 8.89. The average molecular weight is 406 g/mol. The molecular formula is C21H14N2O7. The second-order valence-corrected chi connectivity index (χ2v) is 6.57. The van der Waals surface area contributed by atoms with Gasteiger partial charge in [0.25, 0.3) is 11.4 Å². The van der Waals surface area contributed by atoms with Gasteiger partial charge in [-0.3, -0.25) is 20.2 Å². The summed E-state index contributed by atoms with van der Waals surface area (Å²) in [6.45, 7) is 0. The van der Waals surface area contributed by atoms with E-state index in [1.165, 1.54) is 0 Å². The van der Waals surface area contributed by atoms with Gasteiger partial charge in [-0.2, -0.15) is 0 Å². The summed E-state index contributed by atoms with van der Waals surface area (Å²) in [6.07, 6.45) is -1.45. The Morgan fingerprint density at radius 1 is 0.867 bits per heavy atom. The lowest BCUT2D eigenvalue weighted by Gasteiger charge is -2.20. The molecule has 1 aliphatic heterocycles. The largest absolute Gasteiger partial charge is 0.481 e. The van der Waals surface area contributed by atoms with E-state index in [0.717, 1.165) is 23.8 Å². The summed E-state index contributed by atoms with van der Waals surface area (Å²) in [5, 5.41) is 22.2. The number of benzene rings is 3. The zero-order chi connectivity index (χ0) is 21.3. The fourth-order valence-corrected chi connectivity index (χ4v) is 3.30. The number of nitro groups is 2. The summed E-state index contributed by atoms with van der Waals surface area (Å²) in [6, 6.07) is 18.9. The summed E-state index contributed by atoms with van der Waals surface area (Å²) in [7, 11) is 0. The van der Waals surface area contributed by atoms with Crippen LogP contribution in [-0.4, -0.2) is 15.8 Å². The van der Waals surface area contributed by atoms with Crippen LogP contribution in [0.15, 0.2) is 72.8 Å². The number of ether oxygens (including phenoxy) is 2. The SMILES string of the molecule is O=C(O[C@@H]1c2ccccc2O[C@@H]1c1ccccc1)c1cc([N+](=O)[O-])cc([N+](=O)[O-])c1. The molecule has 0 N–H and O–H groups in total. The molecule has 0 aromatic heterocycles. The Labute approximate surface area is 169 Å². The molecule has 0 spiro atoms. The highest BCUT2D eigenvalue weighted by Crippen LogP contribution is 2.46. The normalized spacial score (nSPS) is 16.9. The number of esters is 1. The molecule has 0 amide bonds. The van der Waals surface area contributed by atoms with Crippen molar-refractivity contribution in [3.05, 3.63) is 110 Å². The van der Waals surface area contributed by atoms with Gasteiger partial charge in [-0.1, -0.05) is 48.5 Å². The van der Waals surface area contributed by atoms with Gasteiger partial charge in [-0.15, -0.1) is 0 Å². The molecule has 2 atom stereocenters. The maximum Gasteiger partial charge on any atom is 0.339 e. The molecule has 150 valence electrons. The van der Waals surface area contributed by atoms with Crippen LogP contribution >= 0.6 is 0 Å². The Hall–Kier alpha value is -4.27. The van der Waals surface area contributed by atoms with Gasteiger partial charge in [0, 0.05) is 17.7 Å². The van der Waals surface area contributed by atoms with Gasteiger partial charge in [0.05, 0.1) is 21.5 Å². The van der Waals surface area contributed by atoms with Crippen LogP contribution in [0.1, 0.15) is 33.7 Å². The molecule has 0 unspecified atom stereocenters. The van der Waals surface area contributed by atoms with Gasteiger partial charge in [0.15, 0.2) is 12.2 Å². The predicted molar refractivity (Wildman–Crippen MR) is 104 cm³/mol. The average Bonchev–Trinajstić information content (AvgIpc) is 3.12. The summed E-state index contributed by atoms with van der Waals surface area (Å²) < 4.78 is 11.6. The van der Waals surface area contributed by atoms with Crippen LogP contribution < -0.4 is 4.74 Å². The maximum atomic E-state index is 12.8. The molecule has 1 heterocycles. The van der Waals surface area contributed by atoms with E-state index in [1.807, 2.05) is 30.3 Å². The van der Waals surface area contributed by atoms with Crippen LogP contribution in [0.4, 0.5) is 11.4 Å². The first-order valence-corrected chi connectivity index (χ1v) is 8.89. The maximum absolute atomic E-state index is 12.8. The van der Waals surface area contributed by atoms with Crippen LogP contribution in [0.25, 0.3) is 0 Å². The van der Waals surface area contributed by atoms with Gasteiger partial charge in [-0.25, -0.2) is 4.79 Å². The zero-order valence-corrected chi connectivity index (χ0v) is 15.3. The van der Waals surface area contributed by atoms with Crippen LogP contribution in [0.3, 0.4) is 0 Å². The number of hydrogen-bond acceptors (Lipinski definition) is 7. The van der Waals surface area contributed by atoms with Gasteiger partial charge < -0.3 is 9.47 Å². The first kappa shape index (κ1) is 19.1. The third-order valence-corrected chi connectivity index (χ3v) is 4.68. The molecule has 4 rings (SSSR count). The minimum Gasteiger partial charge on any atom is -0.481 e. The number of rotatable bonds is 5. The molecule has 0 bridgehead atoms. The van der Waals surface area contributed by atoms with E-state index >= 15 is 0 Å². The van der Waals surface area contributed by atoms with Crippen molar-refractivity contribution in [2.75, 3.05) is 0 Å². The Morgan fingerprint density at radius 2 is 1.47 bits per heavy atom. The van der Waals surface area contributed by atoms with Gasteiger partial charge in [-0.05, 0) is 11.6 Å². The number of nitrogens with zero attached hydrogens (tertiary/aromatic N) is 2. The van der Waals surface area contributed by atoms with Crippen LogP contribution in [0.2, 0.25) is 0 Å². The van der Waals surface area contributed by atoms with Crippen molar-refractivity contribution in [3.8, 4) is 5.75 Å². The van der Waals surface area contributed by atoms with E-state index in [4.69, 9.17) is 9.47 Å². The first-order chi connectivity index (χ1) is 14.4. The summed E-state index contributed by atoms with van der Waals surface area (Å²) >= 11 is 0. The molecule has 0 saturated carbocycles. The lowest BCUT2D eigenvalue weighted by Crippen LogP contribution is -2.17. The molecule has 9 nitrogen and oxygen atoms in total. The number of fused-ring (bicyclic) bond motifs is 1. The summed E-state index contributed by atoms with van der Waals surface area (Å²) in [5.74, 6) is -0.373. The molecule has 0 saturated heterocycles. The number of non-ortho nitro benzene ring substituents is 2. The molecule has 9 heteroatoms. The number of para-hydroxylation sites is 1. The van der Waals surface area contributed by atoms with Crippen LogP contribution in [-0.2, 0) is 4.74 Å². The van der Waals surface area contributed by atoms with Crippen molar-refractivity contribution in [2.24, 2.45) is 0 Å². The zero-order valence-electron chi connectivity index (χ0n) is 15.3. The predicted octanol–water partition coefficient (Wildman–Crippen LogP) is 4.53. The third-order valence-electron chi connectivity index (χ3n) is 4.68. The number of hydrogen-bond donors (Lipinski definition) is 0. The smallest absolute Gasteiger partial charge is 0.339 e. The standard InChI is InChI=1S/C21H14N2O7/c24-21(14-10-15(22(25)26)12-16(11-14)23(27)28)30-20-17-8-4-5-9-18(17)29-19(20)13-6-2-1-3-7-13/h1-12,19-20H/t19-,20-/m1/s1. The quantitative estimate of drug-likeness (QED) is 0.346. The minimum atomic E-state index is -0.923.